The van der Waals surface area contributed by atoms with Crippen molar-refractivity contribution in [3.05, 3.63) is 35.9 Å². The Bertz CT molecular complexity index is 3960. The first-order valence-electron chi connectivity index (χ1n) is 43.6. The van der Waals surface area contributed by atoms with Crippen molar-refractivity contribution in [3.8, 4) is 0 Å². The van der Waals surface area contributed by atoms with Gasteiger partial charge in [0, 0.05) is 82.6 Å². The molecule has 0 aromatic heterocycles. The summed E-state index contributed by atoms with van der Waals surface area (Å²) in [5.41, 5.74) is 39.3. The van der Waals surface area contributed by atoms with Crippen LogP contribution in [0.3, 0.4) is 0 Å². The predicted octanol–water partition coefficient (Wildman–Crippen LogP) is -6.10. The first kappa shape index (κ1) is 105. The van der Waals surface area contributed by atoms with Gasteiger partial charge in [-0.05, 0) is 128 Å². The quantitative estimate of drug-likeness (QED) is 0.0164. The summed E-state index contributed by atoms with van der Waals surface area (Å²) in [5, 5.41) is 53.4. The number of primary amides is 2. The monoisotopic (exact) mass is 1770 g/mol. The van der Waals surface area contributed by atoms with E-state index in [-0.39, 0.29) is 101 Å². The zero-order valence-corrected chi connectivity index (χ0v) is 73.0. The molecule has 1 aromatic carbocycles. The normalized spacial score (nSPS) is 20.5. The summed E-state index contributed by atoms with van der Waals surface area (Å²) in [6.07, 6.45) is 4.31. The number of guanidine groups is 2. The third kappa shape index (κ3) is 37.5. The summed E-state index contributed by atoms with van der Waals surface area (Å²) in [6, 6.07) is -6.66. The molecule has 0 unspecified atom stereocenters. The molecule has 3 saturated carbocycles. The number of carboxylic acids is 1. The topological polar surface area (TPSA) is 727 Å². The Kier molecular flexibility index (Phi) is 45.0. The summed E-state index contributed by atoms with van der Waals surface area (Å²) >= 11 is 0. The first-order chi connectivity index (χ1) is 59.7. The van der Waals surface area contributed by atoms with Gasteiger partial charge in [-0.1, -0.05) is 83.2 Å². The van der Waals surface area contributed by atoms with Crippen molar-refractivity contribution in [2.24, 2.45) is 79.7 Å². The molecular weight excluding hydrogens is 1640 g/mol. The lowest BCUT2D eigenvalue weighted by molar-refractivity contribution is -0.141. The maximum atomic E-state index is 14.5. The molecule has 1 aromatic rings. The van der Waals surface area contributed by atoms with E-state index in [4.69, 9.17) is 40.1 Å². The van der Waals surface area contributed by atoms with Crippen LogP contribution in [-0.2, 0) is 92.7 Å². The van der Waals surface area contributed by atoms with Gasteiger partial charge in [0.1, 0.15) is 48.3 Å². The number of nitrogens with one attached hydrogen (secondary N) is 16. The number of carbonyl (C=O) groups excluding carboxylic acids is 17. The van der Waals surface area contributed by atoms with Gasteiger partial charge in [-0.3, -0.25) is 96.3 Å². The molecule has 17 amide bonds. The van der Waals surface area contributed by atoms with Crippen molar-refractivity contribution in [1.29, 1.82) is 0 Å². The number of nitrogens with zero attached hydrogens (tertiary/aromatic N) is 2. The fourth-order valence-electron chi connectivity index (χ4n) is 15.9. The molecule has 5 rings (SSSR count). The summed E-state index contributed by atoms with van der Waals surface area (Å²) in [4.78, 5) is 251. The highest BCUT2D eigenvalue weighted by molar-refractivity contribution is 5.98. The minimum absolute atomic E-state index is 0.0291. The van der Waals surface area contributed by atoms with Crippen LogP contribution in [0.1, 0.15) is 201 Å². The van der Waals surface area contributed by atoms with Crippen LogP contribution < -0.4 is 125 Å². The lowest BCUT2D eigenvalue weighted by Gasteiger charge is -2.29. The van der Waals surface area contributed by atoms with Crippen molar-refractivity contribution in [2.45, 2.75) is 287 Å². The van der Waals surface area contributed by atoms with Gasteiger partial charge in [0.05, 0.1) is 49.1 Å². The highest BCUT2D eigenvalue weighted by atomic mass is 16.4. The van der Waals surface area contributed by atoms with Crippen LogP contribution >= 0.6 is 0 Å². The van der Waals surface area contributed by atoms with Crippen molar-refractivity contribution in [3.63, 3.8) is 0 Å². The number of aliphatic imine (C=N–C) groups is 2. The number of carboxylic acid groups (broad SMARTS) is 1. The molecule has 18 atom stereocenters. The second kappa shape index (κ2) is 54.1. The molecule has 1 heterocycles. The van der Waals surface area contributed by atoms with Gasteiger partial charge >= 0.3 is 5.97 Å². The molecule has 0 spiro atoms. The van der Waals surface area contributed by atoms with Crippen molar-refractivity contribution >= 4 is 118 Å². The van der Waals surface area contributed by atoms with Gasteiger partial charge in [-0.15, -0.1) is 0 Å². The summed E-state index contributed by atoms with van der Waals surface area (Å²) < 4.78 is 0. The van der Waals surface area contributed by atoms with Crippen LogP contribution in [0.5, 0.6) is 0 Å². The van der Waals surface area contributed by atoms with E-state index in [2.05, 4.69) is 95.1 Å². The number of nitrogens with two attached hydrogens (primary N) is 7. The van der Waals surface area contributed by atoms with E-state index in [0.29, 0.717) is 102 Å². The summed E-state index contributed by atoms with van der Waals surface area (Å²) in [7, 11) is 0. The largest absolute Gasteiger partial charge is 0.481 e. The van der Waals surface area contributed by atoms with E-state index in [9.17, 15) is 91.4 Å². The lowest BCUT2D eigenvalue weighted by Crippen LogP contribution is -2.57. The van der Waals surface area contributed by atoms with Gasteiger partial charge in [0.15, 0.2) is 11.9 Å². The molecule has 126 heavy (non-hydrogen) atoms. The fraction of sp³-hybridized carbons (Fsp3) is 0.683. The van der Waals surface area contributed by atoms with Gasteiger partial charge in [0.2, 0.25) is 100 Å². The number of unbranched alkanes of at least 4 members (excludes halogenated alkanes) is 2. The zero-order valence-electron chi connectivity index (χ0n) is 73.0. The van der Waals surface area contributed by atoms with E-state index in [1.165, 1.54) is 20.8 Å². The van der Waals surface area contributed by atoms with Gasteiger partial charge in [-0.25, -0.2) is 0 Å². The molecule has 1 saturated heterocycles. The second-order valence-electron chi connectivity index (χ2n) is 33.4. The molecule has 44 heteroatoms. The van der Waals surface area contributed by atoms with E-state index < -0.39 is 235 Å². The molecule has 0 bridgehead atoms. The molecule has 1 aliphatic heterocycles. The van der Waals surface area contributed by atoms with Crippen molar-refractivity contribution < 1.29 is 91.4 Å². The number of carbonyl (C=O) groups is 18. The Hall–Kier alpha value is -11.9. The van der Waals surface area contributed by atoms with E-state index >= 15 is 0 Å². The standard InChI is InChI=1S/C82H135N25O19/c1-7-8-21-48(37-65(110)93-42-67(112)99-62(39-68(113)114)77(123)94-44(4)35-66(111)98-60(36-47-19-10-9-11-20-47)79(125)107-61(38-64(84)109)80(126)103-56(69(85)115)29-17-32-91-81(86)87)97-75(121)57(25-12-13-31-83)104-72(118)50-23-15-28-55(50)102-78(124)59(34-43(2)3)106-73(119)51-24-16-27-54(51)101-76(122)58(30-18-33-92-82(88)89)105-71(117)49-22-14-26-53(49)100-70(116)45(5)95-74(120)52-40-90-41-63(52)96-46(6)108/h9-11,19-20,43-45,48-63,90H,7-8,12-18,21-42,83H2,1-6H3,(H2,84,109)(H2,85,115)(H,93,110)(H,94,123)(H,95,120)(H,96,108)(H,97,121)(H,98,111)(H,99,112)(H,100,116)(H,101,122)(H,102,124)(H,103,126)(H,104,118)(H,105,117)(H,106,119)(H,107,125)(H,113,114)(H4,86,87,91)(H4,88,89,92)/t44-,45-,48-,49-,50-,51-,52-,53-,54-,55-,56-,57-,58-,59-,60-,61-,62-,63-/m0/s1. The van der Waals surface area contributed by atoms with Crippen LogP contribution in [0, 0.1) is 29.6 Å². The van der Waals surface area contributed by atoms with Crippen molar-refractivity contribution in [1.82, 2.24) is 85.1 Å². The summed E-state index contributed by atoms with van der Waals surface area (Å²) in [5.74, 6) is -17.1. The molecule has 31 N–H and O–H groups in total. The fourth-order valence-corrected chi connectivity index (χ4v) is 15.9. The zero-order chi connectivity index (χ0) is 93.3. The molecule has 44 nitrogen and oxygen atoms in total. The number of aliphatic carboxylic acids is 1. The molecule has 702 valence electrons. The smallest absolute Gasteiger partial charge is 0.305 e. The highest BCUT2D eigenvalue weighted by Crippen LogP contribution is 2.30. The average Bonchev–Trinajstić information content (AvgIpc) is 1.72. The third-order valence-electron chi connectivity index (χ3n) is 22.4. The number of rotatable bonds is 55. The Morgan fingerprint density at radius 2 is 0.929 bits per heavy atom. The molecule has 4 aliphatic rings. The Labute approximate surface area is 733 Å². The minimum atomic E-state index is -1.75. The number of benzene rings is 1. The number of hydrogen-bond donors (Lipinski definition) is 24. The van der Waals surface area contributed by atoms with Crippen LogP contribution in [0.25, 0.3) is 0 Å². The lowest BCUT2D eigenvalue weighted by atomic mass is 9.97. The van der Waals surface area contributed by atoms with Gasteiger partial charge in [-0.2, -0.15) is 0 Å². The maximum absolute atomic E-state index is 14.5. The molecule has 4 fully saturated rings. The predicted molar refractivity (Wildman–Crippen MR) is 462 cm³/mol. The van der Waals surface area contributed by atoms with E-state index in [1.807, 2.05) is 20.8 Å². The number of hydrogen-bond acceptors (Lipinski definition) is 22. The Morgan fingerprint density at radius 3 is 1.45 bits per heavy atom. The summed E-state index contributed by atoms with van der Waals surface area (Å²) in [6.45, 7) is 10.3. The second-order valence-corrected chi connectivity index (χ2v) is 33.4. The highest BCUT2D eigenvalue weighted by Gasteiger charge is 2.44. The maximum Gasteiger partial charge on any atom is 0.305 e. The SMILES string of the molecule is CCCC[C@@H](CC(=O)NCC(=O)N[C@@H](CC(=O)O)C(=O)N[C@@H](C)CC(=O)N[C@@H](Cc1ccccc1)C(=O)N[C@@H](CC(N)=O)C(=O)N[C@@H](CCCN=C(N)N)C(N)=O)NC(=O)[C@H](CCCCN)NC(=O)[C@H]1CCC[C@@H]1NC(=O)[C@H](CC(C)C)NC(=O)[C@H]1CCC[C@@H]1NC(=O)[C@H](CCCN=C(N)N)NC(=O)[C@H]1CCC[C@@H]1NC(=O)[C@H](C)NC(=O)[C@H]1CNC[C@@H]1NC(C)=O. The average molecular weight is 1780 g/mol. The third-order valence-corrected chi connectivity index (χ3v) is 22.4. The Balaban J connectivity index is 1.17. The molecule has 0 radical (unpaired) electrons. The van der Waals surface area contributed by atoms with Crippen LogP contribution in [0.4, 0.5) is 0 Å². The van der Waals surface area contributed by atoms with E-state index in [0.717, 1.165) is 0 Å². The molecule has 3 aliphatic carbocycles. The van der Waals surface area contributed by atoms with Crippen LogP contribution in [0.2, 0.25) is 0 Å². The first-order valence-corrected chi connectivity index (χ1v) is 43.6. The van der Waals surface area contributed by atoms with Crippen molar-refractivity contribution in [2.75, 3.05) is 39.3 Å². The van der Waals surface area contributed by atoms with Crippen LogP contribution in [0.15, 0.2) is 40.3 Å². The molecular formula is C82H135N25O19. The van der Waals surface area contributed by atoms with E-state index in [1.54, 1.807) is 30.3 Å². The van der Waals surface area contributed by atoms with Gasteiger partial charge < -0.3 is 130 Å². The Morgan fingerprint density at radius 1 is 0.444 bits per heavy atom. The minimum Gasteiger partial charge on any atom is -0.481 e. The van der Waals surface area contributed by atoms with Crippen LogP contribution in [-0.4, -0.2) is 247 Å². The van der Waals surface area contributed by atoms with Gasteiger partial charge in [0.25, 0.3) is 0 Å². The number of amides is 17.